The zero-order chi connectivity index (χ0) is 13.3. The van der Waals surface area contributed by atoms with Gasteiger partial charge < -0.3 is 4.74 Å². The molecule has 96 valence electrons. The lowest BCUT2D eigenvalue weighted by Gasteiger charge is -2.23. The minimum absolute atomic E-state index is 0.490. The summed E-state index contributed by atoms with van der Waals surface area (Å²) in [5.74, 6) is 1.49. The van der Waals surface area contributed by atoms with Crippen LogP contribution in [0.1, 0.15) is 49.8 Å². The molecular formula is C17H22O. The van der Waals surface area contributed by atoms with Crippen molar-refractivity contribution in [3.8, 4) is 5.75 Å². The number of benzene rings is 1. The highest BCUT2D eigenvalue weighted by atomic mass is 16.5. The first-order chi connectivity index (χ1) is 8.58. The molecule has 0 bridgehead atoms. The van der Waals surface area contributed by atoms with Crippen LogP contribution in [-0.2, 0) is 6.42 Å². The molecule has 1 heteroatoms. The maximum Gasteiger partial charge on any atom is 0.122 e. The topological polar surface area (TPSA) is 9.23 Å². The Balaban J connectivity index is 2.63. The number of methoxy groups -OCH3 is 1. The predicted octanol–water partition coefficient (Wildman–Crippen LogP) is 4.72. The third kappa shape index (κ3) is 2.10. The molecule has 0 aliphatic heterocycles. The Kier molecular flexibility index (Phi) is 3.60. The van der Waals surface area contributed by atoms with Gasteiger partial charge in [0.1, 0.15) is 5.75 Å². The maximum atomic E-state index is 5.54. The second kappa shape index (κ2) is 5.01. The van der Waals surface area contributed by atoms with Crippen LogP contribution in [0, 0.1) is 0 Å². The fourth-order valence-corrected chi connectivity index (χ4v) is 2.70. The van der Waals surface area contributed by atoms with Crippen LogP contribution in [0.15, 0.2) is 30.4 Å². The number of fused-ring (bicyclic) bond motifs is 1. The van der Waals surface area contributed by atoms with Crippen LogP contribution in [0.3, 0.4) is 0 Å². The van der Waals surface area contributed by atoms with E-state index in [2.05, 4.69) is 39.5 Å². The smallest absolute Gasteiger partial charge is 0.122 e. The molecule has 1 aromatic carbocycles. The van der Waals surface area contributed by atoms with Crippen LogP contribution >= 0.6 is 0 Å². The van der Waals surface area contributed by atoms with Crippen molar-refractivity contribution in [2.75, 3.05) is 7.11 Å². The van der Waals surface area contributed by atoms with Gasteiger partial charge in [-0.2, -0.15) is 0 Å². The second-order valence-corrected chi connectivity index (χ2v) is 5.30. The van der Waals surface area contributed by atoms with Crippen LogP contribution < -0.4 is 4.74 Å². The Bertz CT molecular complexity index is 507. The molecule has 18 heavy (non-hydrogen) atoms. The lowest BCUT2D eigenvalue weighted by atomic mass is 9.83. The molecule has 0 spiro atoms. The monoisotopic (exact) mass is 242 g/mol. The van der Waals surface area contributed by atoms with Gasteiger partial charge in [-0.05, 0) is 54.0 Å². The molecule has 0 unspecified atom stereocenters. The number of hydrogen-bond donors (Lipinski definition) is 0. The summed E-state index contributed by atoms with van der Waals surface area (Å²) in [5.41, 5.74) is 6.75. The molecule has 0 amide bonds. The average Bonchev–Trinajstić information content (AvgIpc) is 2.37. The Morgan fingerprint density at radius 2 is 2.00 bits per heavy atom. The Morgan fingerprint density at radius 1 is 1.28 bits per heavy atom. The molecule has 0 saturated carbocycles. The average molecular weight is 242 g/mol. The fraction of sp³-hybridized carbons (Fsp3) is 0.412. The van der Waals surface area contributed by atoms with Crippen LogP contribution in [0.2, 0.25) is 0 Å². The number of ether oxygens (including phenoxy) is 1. The van der Waals surface area contributed by atoms with E-state index >= 15 is 0 Å². The van der Waals surface area contributed by atoms with E-state index < -0.39 is 0 Å². The summed E-state index contributed by atoms with van der Waals surface area (Å²) >= 11 is 0. The van der Waals surface area contributed by atoms with Crippen molar-refractivity contribution in [2.45, 2.75) is 39.5 Å². The van der Waals surface area contributed by atoms with Crippen molar-refractivity contribution in [3.63, 3.8) is 0 Å². The molecule has 0 aromatic heterocycles. The Hall–Kier alpha value is -1.50. The molecule has 0 atom stereocenters. The van der Waals surface area contributed by atoms with Gasteiger partial charge in [-0.25, -0.2) is 0 Å². The normalized spacial score (nSPS) is 14.7. The lowest BCUT2D eigenvalue weighted by molar-refractivity contribution is 0.407. The first-order valence-corrected chi connectivity index (χ1v) is 6.61. The SMILES string of the molecule is C=CC1=C(C)CCc2cc(C(C)C)c(OC)cc21. The van der Waals surface area contributed by atoms with Crippen molar-refractivity contribution >= 4 is 5.57 Å². The molecular weight excluding hydrogens is 220 g/mol. The van der Waals surface area contributed by atoms with Crippen LogP contribution in [-0.4, -0.2) is 7.11 Å². The van der Waals surface area contributed by atoms with Gasteiger partial charge >= 0.3 is 0 Å². The summed E-state index contributed by atoms with van der Waals surface area (Å²) in [6.45, 7) is 10.6. The van der Waals surface area contributed by atoms with Gasteiger partial charge in [-0.1, -0.05) is 38.1 Å². The summed E-state index contributed by atoms with van der Waals surface area (Å²) in [5, 5.41) is 0. The molecule has 0 fully saturated rings. The van der Waals surface area contributed by atoms with Crippen molar-refractivity contribution in [3.05, 3.63) is 47.1 Å². The van der Waals surface area contributed by atoms with Gasteiger partial charge in [0.15, 0.2) is 0 Å². The Labute approximate surface area is 110 Å². The van der Waals surface area contributed by atoms with E-state index in [0.717, 1.165) is 18.6 Å². The minimum Gasteiger partial charge on any atom is -0.496 e. The zero-order valence-electron chi connectivity index (χ0n) is 11.8. The molecule has 1 nitrogen and oxygen atoms in total. The van der Waals surface area contributed by atoms with Crippen molar-refractivity contribution in [1.82, 2.24) is 0 Å². The zero-order valence-corrected chi connectivity index (χ0v) is 11.8. The maximum absolute atomic E-state index is 5.54. The van der Waals surface area contributed by atoms with Gasteiger partial charge in [0, 0.05) is 0 Å². The quantitative estimate of drug-likeness (QED) is 0.745. The molecule has 1 aliphatic rings. The van der Waals surface area contributed by atoms with Gasteiger partial charge in [0.25, 0.3) is 0 Å². The molecule has 0 saturated heterocycles. The van der Waals surface area contributed by atoms with Crippen molar-refractivity contribution in [1.29, 1.82) is 0 Å². The molecule has 0 radical (unpaired) electrons. The third-order valence-electron chi connectivity index (χ3n) is 3.80. The summed E-state index contributed by atoms with van der Waals surface area (Å²) in [4.78, 5) is 0. The van der Waals surface area contributed by atoms with Crippen molar-refractivity contribution in [2.24, 2.45) is 0 Å². The summed E-state index contributed by atoms with van der Waals surface area (Å²) < 4.78 is 5.54. The summed E-state index contributed by atoms with van der Waals surface area (Å²) in [6, 6.07) is 4.50. The number of aryl methyl sites for hydroxylation is 1. The standard InChI is InChI=1S/C17H22O/c1-6-14-12(4)7-8-13-9-15(11(2)3)17(18-5)10-16(13)14/h6,9-11H,1,7-8H2,2-5H3. The van der Waals surface area contributed by atoms with Crippen LogP contribution in [0.25, 0.3) is 5.57 Å². The fourth-order valence-electron chi connectivity index (χ4n) is 2.70. The number of rotatable bonds is 3. The summed E-state index contributed by atoms with van der Waals surface area (Å²) in [7, 11) is 1.75. The number of allylic oxidation sites excluding steroid dienone is 3. The van der Waals surface area contributed by atoms with Crippen LogP contribution in [0.5, 0.6) is 5.75 Å². The van der Waals surface area contributed by atoms with E-state index in [4.69, 9.17) is 4.74 Å². The molecule has 0 heterocycles. The predicted molar refractivity (Wildman–Crippen MR) is 78.2 cm³/mol. The van der Waals surface area contributed by atoms with E-state index in [1.165, 1.54) is 27.8 Å². The van der Waals surface area contributed by atoms with Crippen molar-refractivity contribution < 1.29 is 4.74 Å². The van der Waals surface area contributed by atoms with Gasteiger partial charge in [-0.3, -0.25) is 0 Å². The molecule has 1 aromatic rings. The Morgan fingerprint density at radius 3 is 2.56 bits per heavy atom. The lowest BCUT2D eigenvalue weighted by Crippen LogP contribution is -2.06. The van der Waals surface area contributed by atoms with E-state index in [1.54, 1.807) is 7.11 Å². The van der Waals surface area contributed by atoms with E-state index in [0.29, 0.717) is 5.92 Å². The van der Waals surface area contributed by atoms with E-state index in [-0.39, 0.29) is 0 Å². The van der Waals surface area contributed by atoms with Gasteiger partial charge in [0.2, 0.25) is 0 Å². The largest absolute Gasteiger partial charge is 0.496 e. The first-order valence-electron chi connectivity index (χ1n) is 6.61. The molecule has 0 N–H and O–H groups in total. The van der Waals surface area contributed by atoms with E-state index in [9.17, 15) is 0 Å². The third-order valence-corrected chi connectivity index (χ3v) is 3.80. The number of hydrogen-bond acceptors (Lipinski definition) is 1. The minimum atomic E-state index is 0.490. The van der Waals surface area contributed by atoms with E-state index in [1.807, 2.05) is 6.08 Å². The highest BCUT2D eigenvalue weighted by Crippen LogP contribution is 2.38. The molecule has 2 rings (SSSR count). The summed E-state index contributed by atoms with van der Waals surface area (Å²) in [6.07, 6.45) is 4.24. The highest BCUT2D eigenvalue weighted by Gasteiger charge is 2.18. The van der Waals surface area contributed by atoms with Crippen LogP contribution in [0.4, 0.5) is 0 Å². The van der Waals surface area contributed by atoms with Gasteiger partial charge in [0.05, 0.1) is 7.11 Å². The van der Waals surface area contributed by atoms with Gasteiger partial charge in [-0.15, -0.1) is 0 Å². The first kappa shape index (κ1) is 12.9. The highest BCUT2D eigenvalue weighted by molar-refractivity contribution is 5.80. The second-order valence-electron chi connectivity index (χ2n) is 5.30. The molecule has 1 aliphatic carbocycles.